The predicted molar refractivity (Wildman–Crippen MR) is 306 cm³/mol. The highest BCUT2D eigenvalue weighted by Gasteiger charge is 2.31. The van der Waals surface area contributed by atoms with E-state index in [1.807, 2.05) is 56.3 Å². The standard InChI is InChI=1S/C66H57ClF4NO6S/c1-10-11-12-16-43-17-22-50(54(33-43)75-47-27-37(2)25-45(68)34-47)60-51(70)29-39(4)31-55(60)77-53-23-24-72-66(79-49-20-18-44(67)19-21-49)62(53)61-52(71)30-40(5)32-56(61)78-58-36-57(73-8)65(76-48-28-38(3)26-46(69)35-48)63(64(58)74-9)59-41(6)14-13-15-42(59)7/h13-15,17-35H,10-12,16H2,1-9H3. The molecule has 0 atom stereocenters. The third kappa shape index (κ3) is 12.7. The van der Waals surface area contributed by atoms with Crippen LogP contribution in [0.25, 0.3) is 33.4 Å². The van der Waals surface area contributed by atoms with Crippen LogP contribution in [-0.4, -0.2) is 19.2 Å². The monoisotopic (exact) mass is 1100 g/mol. The molecule has 1 heterocycles. The van der Waals surface area contributed by atoms with Crippen LogP contribution in [0.4, 0.5) is 17.6 Å². The molecule has 0 saturated heterocycles. The van der Waals surface area contributed by atoms with Gasteiger partial charge in [-0.1, -0.05) is 73.5 Å². The zero-order valence-corrected chi connectivity index (χ0v) is 46.8. The van der Waals surface area contributed by atoms with Crippen LogP contribution in [0.2, 0.25) is 5.02 Å². The van der Waals surface area contributed by atoms with Crippen molar-refractivity contribution in [3.05, 3.63) is 207 Å². The van der Waals surface area contributed by atoms with Gasteiger partial charge in [0.25, 0.3) is 0 Å². The number of methoxy groups -OCH3 is 2. The maximum atomic E-state index is 17.7. The molecule has 9 aromatic rings. The summed E-state index contributed by atoms with van der Waals surface area (Å²) in [6, 6.07) is 38.1. The highest BCUT2D eigenvalue weighted by atomic mass is 35.5. The summed E-state index contributed by atoms with van der Waals surface area (Å²) in [6.45, 7) is 13.0. The Labute approximate surface area is 468 Å². The fourth-order valence-electron chi connectivity index (χ4n) is 9.60. The number of rotatable bonds is 19. The van der Waals surface area contributed by atoms with Crippen LogP contribution in [-0.2, 0) is 6.42 Å². The quantitative estimate of drug-likeness (QED) is 0.0586. The van der Waals surface area contributed by atoms with Crippen molar-refractivity contribution in [2.75, 3.05) is 14.2 Å². The average molecular weight is 1100 g/mol. The van der Waals surface area contributed by atoms with Crippen molar-refractivity contribution in [1.29, 1.82) is 0 Å². The Balaban J connectivity index is 1.25. The second-order valence-electron chi connectivity index (χ2n) is 19.4. The van der Waals surface area contributed by atoms with E-state index in [1.165, 1.54) is 68.6 Å². The van der Waals surface area contributed by atoms with Gasteiger partial charge in [-0.15, -0.1) is 0 Å². The van der Waals surface area contributed by atoms with E-state index in [0.717, 1.165) is 42.4 Å². The second kappa shape index (κ2) is 24.4. The van der Waals surface area contributed by atoms with Crippen LogP contribution < -0.4 is 28.4 Å². The molecule has 0 unspecified atom stereocenters. The second-order valence-corrected chi connectivity index (χ2v) is 20.9. The molecule has 13 heteroatoms. The maximum Gasteiger partial charge on any atom is 0.182 e. The van der Waals surface area contributed by atoms with E-state index < -0.39 is 23.3 Å². The molecule has 0 aliphatic heterocycles. The van der Waals surface area contributed by atoms with Crippen LogP contribution in [0, 0.1) is 70.9 Å². The van der Waals surface area contributed by atoms with Gasteiger partial charge in [0.1, 0.15) is 62.8 Å². The van der Waals surface area contributed by atoms with Gasteiger partial charge in [-0.05, 0) is 184 Å². The molecule has 0 fully saturated rings. The molecule has 79 heavy (non-hydrogen) atoms. The molecule has 9 rings (SSSR count). The highest BCUT2D eigenvalue weighted by molar-refractivity contribution is 7.99. The topological polar surface area (TPSA) is 68.3 Å². The Morgan fingerprint density at radius 3 is 1.76 bits per heavy atom. The van der Waals surface area contributed by atoms with Gasteiger partial charge in [0.05, 0.1) is 42.5 Å². The predicted octanol–water partition coefficient (Wildman–Crippen LogP) is 20.0. The third-order valence-electron chi connectivity index (χ3n) is 13.1. The van der Waals surface area contributed by atoms with Gasteiger partial charge < -0.3 is 28.4 Å². The summed E-state index contributed by atoms with van der Waals surface area (Å²) in [7, 11) is 2.91. The summed E-state index contributed by atoms with van der Waals surface area (Å²) in [5.41, 5.74) is 6.54. The minimum absolute atomic E-state index is 0.00201. The number of pyridine rings is 1. The summed E-state index contributed by atoms with van der Waals surface area (Å²) in [6.07, 6.45) is 5.22. The lowest BCUT2D eigenvalue weighted by Gasteiger charge is -2.24. The minimum Gasteiger partial charge on any atom is -0.492 e. The van der Waals surface area contributed by atoms with Crippen molar-refractivity contribution in [2.24, 2.45) is 0 Å². The molecule has 0 aliphatic carbocycles. The van der Waals surface area contributed by atoms with Crippen molar-refractivity contribution in [1.82, 2.24) is 4.98 Å². The van der Waals surface area contributed by atoms with E-state index in [0.29, 0.717) is 53.9 Å². The number of unbranched alkanes of at least 4 members (excludes halogenated alkanes) is 2. The van der Waals surface area contributed by atoms with Gasteiger partial charge in [-0.3, -0.25) is 0 Å². The lowest BCUT2D eigenvalue weighted by Crippen LogP contribution is -2.04. The lowest BCUT2D eigenvalue weighted by molar-refractivity contribution is 0.354. The number of hydrogen-bond acceptors (Lipinski definition) is 8. The summed E-state index contributed by atoms with van der Waals surface area (Å²) in [5.74, 6) is -1.04. The molecule has 0 spiro atoms. The molecular formula is C66H57ClF4NO6S. The van der Waals surface area contributed by atoms with Gasteiger partial charge >= 0.3 is 0 Å². The van der Waals surface area contributed by atoms with E-state index in [1.54, 1.807) is 76.2 Å². The summed E-state index contributed by atoms with van der Waals surface area (Å²) < 4.78 is 104. The normalized spacial score (nSPS) is 11.2. The van der Waals surface area contributed by atoms with E-state index in [2.05, 4.69) is 13.0 Å². The number of nitrogens with zero attached hydrogens (tertiary/aromatic N) is 1. The van der Waals surface area contributed by atoms with Crippen molar-refractivity contribution in [3.63, 3.8) is 0 Å². The van der Waals surface area contributed by atoms with E-state index in [9.17, 15) is 8.78 Å². The van der Waals surface area contributed by atoms with Gasteiger partial charge in [0.15, 0.2) is 23.0 Å². The SMILES string of the molecule is CCCCCc1ccc(-c2c(F)cc(C)cc2Oc2ccnc(Sc3ccc(Cl)cc3)c2-c2c(F)cc(C)cc2Oc2[c]c(OC)c(Oc3cc(C)cc(F)c3)c(-c3c(C)cccc3C)c2OC)c(Oc2cc(C)cc(F)c2)c1. The maximum absolute atomic E-state index is 17.7. The average Bonchev–Trinajstić information content (AvgIpc) is 3.56. The number of hydrogen-bond donors (Lipinski definition) is 0. The van der Waals surface area contributed by atoms with E-state index in [-0.39, 0.29) is 74.2 Å². The Bertz CT molecular complexity index is 3680. The molecular weight excluding hydrogens is 1050 g/mol. The largest absolute Gasteiger partial charge is 0.492 e. The van der Waals surface area contributed by atoms with Crippen LogP contribution in [0.1, 0.15) is 65.1 Å². The molecule has 0 bridgehead atoms. The first-order chi connectivity index (χ1) is 38.0. The summed E-state index contributed by atoms with van der Waals surface area (Å²) in [4.78, 5) is 5.53. The Morgan fingerprint density at radius 1 is 0.519 bits per heavy atom. The van der Waals surface area contributed by atoms with Crippen LogP contribution >= 0.6 is 23.4 Å². The molecule has 0 saturated carbocycles. The van der Waals surface area contributed by atoms with Crippen molar-refractivity contribution in [2.45, 2.75) is 84.1 Å². The van der Waals surface area contributed by atoms with Gasteiger partial charge in [-0.2, -0.15) is 0 Å². The van der Waals surface area contributed by atoms with Gasteiger partial charge in [0.2, 0.25) is 0 Å². The van der Waals surface area contributed by atoms with Crippen molar-refractivity contribution < 1.29 is 46.0 Å². The van der Waals surface area contributed by atoms with Crippen molar-refractivity contribution >= 4 is 23.4 Å². The van der Waals surface area contributed by atoms with E-state index >= 15 is 8.78 Å². The molecule has 7 nitrogen and oxygen atoms in total. The number of aromatic nitrogens is 1. The zero-order valence-electron chi connectivity index (χ0n) is 45.2. The Kier molecular flexibility index (Phi) is 17.2. The number of halogens is 5. The fraction of sp³-hybridized carbons (Fsp3) is 0.197. The number of benzene rings is 8. The molecule has 403 valence electrons. The van der Waals surface area contributed by atoms with Crippen molar-refractivity contribution in [3.8, 4) is 90.9 Å². The smallest absolute Gasteiger partial charge is 0.182 e. The van der Waals surface area contributed by atoms with Gasteiger partial charge in [0, 0.05) is 33.8 Å². The van der Waals surface area contributed by atoms with Crippen LogP contribution in [0.5, 0.6) is 57.5 Å². The third-order valence-corrected chi connectivity index (χ3v) is 14.3. The summed E-state index contributed by atoms with van der Waals surface area (Å²) >= 11 is 7.57. The van der Waals surface area contributed by atoms with Crippen LogP contribution in [0.3, 0.4) is 0 Å². The number of ether oxygens (including phenoxy) is 6. The fourth-order valence-corrected chi connectivity index (χ4v) is 10.6. The van der Waals surface area contributed by atoms with E-state index in [4.69, 9.17) is 45.0 Å². The molecule has 0 N–H and O–H groups in total. The highest BCUT2D eigenvalue weighted by Crippen LogP contribution is 2.56. The molecule has 1 aromatic heterocycles. The minimum atomic E-state index is -0.705. The first-order valence-electron chi connectivity index (χ1n) is 25.7. The van der Waals surface area contributed by atoms with Gasteiger partial charge in [-0.25, -0.2) is 22.5 Å². The molecule has 0 amide bonds. The Morgan fingerprint density at radius 2 is 1.14 bits per heavy atom. The number of aryl methyl sites for hydroxylation is 7. The first-order valence-corrected chi connectivity index (χ1v) is 26.9. The molecule has 1 radical (unpaired) electrons. The molecule has 8 aromatic carbocycles. The lowest BCUT2D eigenvalue weighted by atomic mass is 9.93. The summed E-state index contributed by atoms with van der Waals surface area (Å²) in [5, 5.41) is 0.806. The molecule has 0 aliphatic rings. The van der Waals surface area contributed by atoms with Crippen LogP contribution in [0.15, 0.2) is 144 Å². The first kappa shape index (κ1) is 55.8. The Hall–Kier alpha value is -7.93. The zero-order chi connectivity index (χ0) is 56.1.